The molecule has 0 aliphatic carbocycles. The van der Waals surface area contributed by atoms with Gasteiger partial charge in [0.2, 0.25) is 0 Å². The first-order valence-corrected chi connectivity index (χ1v) is 11.7. The predicted octanol–water partition coefficient (Wildman–Crippen LogP) is 5.27. The maximum Gasteiger partial charge on any atom is 0.328 e. The number of rotatable bonds is 6. The zero-order valence-electron chi connectivity index (χ0n) is 20.0. The number of anilines is 2. The number of amides is 3. The van der Waals surface area contributed by atoms with Crippen LogP contribution >= 0.6 is 11.6 Å². The third-order valence-electron chi connectivity index (χ3n) is 5.32. The number of aromatic nitrogens is 1. The van der Waals surface area contributed by atoms with Gasteiger partial charge in [0, 0.05) is 21.8 Å². The monoisotopic (exact) mass is 504 g/mol. The van der Waals surface area contributed by atoms with Gasteiger partial charge in [0.25, 0.3) is 5.91 Å². The first-order chi connectivity index (χ1) is 17.2. The third kappa shape index (κ3) is 5.67. The lowest BCUT2D eigenvalue weighted by atomic mass is 10.1. The van der Waals surface area contributed by atoms with E-state index < -0.39 is 17.7 Å². The zero-order valence-corrected chi connectivity index (χ0v) is 20.8. The summed E-state index contributed by atoms with van der Waals surface area (Å²) in [4.78, 5) is 38.6. The smallest absolute Gasteiger partial charge is 0.328 e. The summed E-state index contributed by atoms with van der Waals surface area (Å²) in [6.07, 6.45) is 0. The highest BCUT2D eigenvalue weighted by Crippen LogP contribution is 2.24. The molecule has 0 aliphatic rings. The summed E-state index contributed by atoms with van der Waals surface area (Å²) in [5.41, 5.74) is 6.11. The Balaban J connectivity index is 1.59. The van der Waals surface area contributed by atoms with E-state index in [0.29, 0.717) is 39.7 Å². The van der Waals surface area contributed by atoms with E-state index in [9.17, 15) is 14.4 Å². The van der Waals surface area contributed by atoms with Gasteiger partial charge >= 0.3 is 11.8 Å². The lowest BCUT2D eigenvalue weighted by molar-refractivity contribution is -0.133. The second kappa shape index (κ2) is 10.5. The van der Waals surface area contributed by atoms with Crippen molar-refractivity contribution in [2.24, 2.45) is 0 Å². The Morgan fingerprint density at radius 3 is 2.19 bits per heavy atom. The maximum atomic E-state index is 13.2. The van der Waals surface area contributed by atoms with Gasteiger partial charge in [-0.1, -0.05) is 17.7 Å². The Bertz CT molecular complexity index is 1440. The molecular formula is C27H25ClN4O4. The molecule has 1 aromatic heterocycles. The van der Waals surface area contributed by atoms with Crippen LogP contribution in [0.4, 0.5) is 11.4 Å². The minimum atomic E-state index is -0.934. The highest BCUT2D eigenvalue weighted by atomic mass is 35.5. The van der Waals surface area contributed by atoms with E-state index >= 15 is 0 Å². The molecule has 9 heteroatoms. The number of halogens is 1. The van der Waals surface area contributed by atoms with E-state index in [2.05, 4.69) is 16.1 Å². The van der Waals surface area contributed by atoms with Crippen molar-refractivity contribution in [1.29, 1.82) is 0 Å². The van der Waals surface area contributed by atoms with Crippen LogP contribution in [0, 0.1) is 13.8 Å². The zero-order chi connectivity index (χ0) is 25.8. The number of fused-ring (bicyclic) bond motifs is 1. The molecule has 0 fully saturated rings. The molecule has 0 saturated heterocycles. The Hall–Kier alpha value is -4.30. The molecule has 0 unspecified atom stereocenters. The van der Waals surface area contributed by atoms with Gasteiger partial charge in [0.15, 0.2) is 0 Å². The summed E-state index contributed by atoms with van der Waals surface area (Å²) in [6.45, 7) is 6.21. The van der Waals surface area contributed by atoms with Gasteiger partial charge in [-0.25, -0.2) is 4.68 Å². The summed E-state index contributed by atoms with van der Waals surface area (Å²) in [5.74, 6) is -1.60. The largest absolute Gasteiger partial charge is 0.494 e. The fourth-order valence-corrected chi connectivity index (χ4v) is 4.04. The highest BCUT2D eigenvalue weighted by Gasteiger charge is 2.21. The molecule has 3 aromatic carbocycles. The van der Waals surface area contributed by atoms with Gasteiger partial charge in [-0.15, -0.1) is 0 Å². The van der Waals surface area contributed by atoms with Crippen molar-refractivity contribution in [2.75, 3.05) is 22.7 Å². The summed E-state index contributed by atoms with van der Waals surface area (Å²) in [7, 11) is 0. The molecule has 0 atom stereocenters. The Morgan fingerprint density at radius 1 is 0.833 bits per heavy atom. The fourth-order valence-electron chi connectivity index (χ4n) is 3.86. The van der Waals surface area contributed by atoms with Crippen molar-refractivity contribution in [2.45, 2.75) is 20.8 Å². The van der Waals surface area contributed by atoms with Crippen LogP contribution in [0.5, 0.6) is 5.75 Å². The number of carbonyl (C=O) groups excluding carboxylic acids is 3. The van der Waals surface area contributed by atoms with Crippen molar-refractivity contribution < 1.29 is 19.1 Å². The fraction of sp³-hybridized carbons (Fsp3) is 0.148. The topological polar surface area (TPSA) is 101 Å². The molecule has 0 radical (unpaired) electrons. The van der Waals surface area contributed by atoms with Gasteiger partial charge < -0.3 is 15.4 Å². The molecule has 0 bridgehead atoms. The van der Waals surface area contributed by atoms with Gasteiger partial charge in [0.1, 0.15) is 11.4 Å². The molecule has 4 aromatic rings. The quantitative estimate of drug-likeness (QED) is 0.311. The van der Waals surface area contributed by atoms with Gasteiger partial charge in [-0.2, -0.15) is 0 Å². The molecule has 3 amide bonds. The van der Waals surface area contributed by atoms with Crippen molar-refractivity contribution in [3.05, 3.63) is 88.6 Å². The van der Waals surface area contributed by atoms with Crippen LogP contribution in [0.2, 0.25) is 5.02 Å². The summed E-state index contributed by atoms with van der Waals surface area (Å²) < 4.78 is 6.70. The number of aryl methyl sites for hydroxylation is 2. The standard InChI is InChI=1S/C27H25ClN4O4/c1-4-36-22-8-6-20(7-9-22)29-25(33)24-15-18-14-19(28)5-10-23(18)32(24)31-27(35)26(34)30-21-12-16(2)11-17(3)13-21/h5-15H,4H2,1-3H3,(H,29,33)(H,30,34)(H,31,35). The van der Waals surface area contributed by atoms with Crippen LogP contribution in [0.1, 0.15) is 28.5 Å². The van der Waals surface area contributed by atoms with Crippen LogP contribution in [0.15, 0.2) is 66.7 Å². The predicted molar refractivity (Wildman–Crippen MR) is 141 cm³/mol. The molecule has 8 nitrogen and oxygen atoms in total. The lowest BCUT2D eigenvalue weighted by Crippen LogP contribution is -2.36. The van der Waals surface area contributed by atoms with Crippen LogP contribution in [-0.2, 0) is 9.59 Å². The molecule has 1 heterocycles. The summed E-state index contributed by atoms with van der Waals surface area (Å²) in [6, 6.07) is 19.0. The number of hydrogen-bond donors (Lipinski definition) is 3. The number of hydrogen-bond acceptors (Lipinski definition) is 4. The maximum absolute atomic E-state index is 13.2. The van der Waals surface area contributed by atoms with Crippen molar-refractivity contribution in [3.8, 4) is 5.75 Å². The number of nitrogens with zero attached hydrogens (tertiary/aromatic N) is 1. The first kappa shape index (κ1) is 24.8. The van der Waals surface area contributed by atoms with E-state index in [0.717, 1.165) is 11.1 Å². The van der Waals surface area contributed by atoms with Crippen LogP contribution in [0.3, 0.4) is 0 Å². The van der Waals surface area contributed by atoms with E-state index in [1.54, 1.807) is 60.7 Å². The first-order valence-electron chi connectivity index (χ1n) is 11.3. The molecule has 0 spiro atoms. The third-order valence-corrected chi connectivity index (χ3v) is 5.55. The lowest BCUT2D eigenvalue weighted by Gasteiger charge is -2.13. The second-order valence-electron chi connectivity index (χ2n) is 8.25. The Kier molecular flexibility index (Phi) is 7.26. The Morgan fingerprint density at radius 2 is 1.53 bits per heavy atom. The van der Waals surface area contributed by atoms with Crippen molar-refractivity contribution >= 4 is 51.6 Å². The highest BCUT2D eigenvalue weighted by molar-refractivity contribution is 6.42. The van der Waals surface area contributed by atoms with E-state index in [1.165, 1.54) is 4.68 Å². The van der Waals surface area contributed by atoms with Crippen molar-refractivity contribution in [1.82, 2.24) is 4.68 Å². The van der Waals surface area contributed by atoms with Crippen LogP contribution < -0.4 is 20.8 Å². The number of nitrogens with one attached hydrogen (secondary N) is 3. The SMILES string of the molecule is CCOc1ccc(NC(=O)c2cc3cc(Cl)ccc3n2NC(=O)C(=O)Nc2cc(C)cc(C)c2)cc1. The molecular weight excluding hydrogens is 480 g/mol. The number of carbonyl (C=O) groups is 3. The van der Waals surface area contributed by atoms with E-state index in [1.807, 2.05) is 26.8 Å². The molecule has 0 aliphatic heterocycles. The molecule has 36 heavy (non-hydrogen) atoms. The molecule has 3 N–H and O–H groups in total. The minimum absolute atomic E-state index is 0.119. The van der Waals surface area contributed by atoms with Crippen LogP contribution in [0.25, 0.3) is 10.9 Å². The van der Waals surface area contributed by atoms with Crippen LogP contribution in [-0.4, -0.2) is 29.0 Å². The number of ether oxygens (including phenoxy) is 1. The van der Waals surface area contributed by atoms with Gasteiger partial charge in [0.05, 0.1) is 12.1 Å². The molecule has 0 saturated carbocycles. The normalized spacial score (nSPS) is 10.7. The average molecular weight is 505 g/mol. The summed E-state index contributed by atoms with van der Waals surface area (Å²) in [5, 5.41) is 6.49. The van der Waals surface area contributed by atoms with Gasteiger partial charge in [-0.3, -0.25) is 19.8 Å². The minimum Gasteiger partial charge on any atom is -0.494 e. The molecule has 184 valence electrons. The van der Waals surface area contributed by atoms with Gasteiger partial charge in [-0.05, 0) is 92.6 Å². The number of benzene rings is 3. The van der Waals surface area contributed by atoms with Crippen molar-refractivity contribution in [3.63, 3.8) is 0 Å². The summed E-state index contributed by atoms with van der Waals surface area (Å²) >= 11 is 6.13. The molecule has 4 rings (SSSR count). The average Bonchev–Trinajstić information content (AvgIpc) is 3.17. The Labute approximate surface area is 213 Å². The van der Waals surface area contributed by atoms with E-state index in [4.69, 9.17) is 16.3 Å². The van der Waals surface area contributed by atoms with E-state index in [-0.39, 0.29) is 5.69 Å². The second-order valence-corrected chi connectivity index (χ2v) is 8.69.